The van der Waals surface area contributed by atoms with Crippen molar-refractivity contribution in [3.63, 3.8) is 0 Å². The third-order valence-corrected chi connectivity index (χ3v) is 5.53. The molecule has 2 aromatic carbocycles. The maximum absolute atomic E-state index is 12.9. The van der Waals surface area contributed by atoms with Crippen LogP contribution in [0.25, 0.3) is 6.08 Å². The summed E-state index contributed by atoms with van der Waals surface area (Å²) in [5.41, 5.74) is 3.57. The van der Waals surface area contributed by atoms with Crippen molar-refractivity contribution < 1.29 is 14.3 Å². The Morgan fingerprint density at radius 1 is 1.07 bits per heavy atom. The Hall–Kier alpha value is -2.96. The van der Waals surface area contributed by atoms with Crippen LogP contribution in [0.3, 0.4) is 0 Å². The number of halogens is 1. The molecule has 2 aliphatic heterocycles. The van der Waals surface area contributed by atoms with Crippen molar-refractivity contribution in [1.29, 1.82) is 0 Å². The van der Waals surface area contributed by atoms with Crippen LogP contribution in [0.4, 0.5) is 0 Å². The number of nitrogens with zero attached hydrogens (tertiary/aromatic N) is 2. The van der Waals surface area contributed by atoms with Gasteiger partial charge in [-0.3, -0.25) is 14.7 Å². The first-order valence-corrected chi connectivity index (χ1v) is 10.1. The molecule has 1 aromatic heterocycles. The van der Waals surface area contributed by atoms with Gasteiger partial charge in [-0.05, 0) is 53.6 Å². The number of allylic oxidation sites excluding steroid dienone is 1. The Morgan fingerprint density at radius 2 is 1.86 bits per heavy atom. The zero-order chi connectivity index (χ0) is 19.8. The summed E-state index contributed by atoms with van der Waals surface area (Å²) in [6.07, 6.45) is 5.35. The Kier molecular flexibility index (Phi) is 4.66. The smallest absolute Gasteiger partial charge is 0.231 e. The number of hydrogen-bond donors (Lipinski definition) is 0. The van der Waals surface area contributed by atoms with Crippen molar-refractivity contribution in [2.45, 2.75) is 13.1 Å². The molecule has 0 unspecified atom stereocenters. The average molecular weight is 449 g/mol. The van der Waals surface area contributed by atoms with Gasteiger partial charge in [0, 0.05) is 30.0 Å². The molecule has 0 spiro atoms. The molecule has 6 heteroatoms. The van der Waals surface area contributed by atoms with Crippen molar-refractivity contribution in [3.05, 3.63) is 93.4 Å². The lowest BCUT2D eigenvalue weighted by Crippen LogP contribution is -2.31. The number of ketones is 1. The van der Waals surface area contributed by atoms with Gasteiger partial charge in [-0.15, -0.1) is 0 Å². The molecule has 3 heterocycles. The van der Waals surface area contributed by atoms with Crippen molar-refractivity contribution >= 4 is 27.8 Å². The normalized spacial score (nSPS) is 16.9. The van der Waals surface area contributed by atoms with Crippen LogP contribution < -0.4 is 9.47 Å². The number of carbonyl (C=O) groups excluding carboxylic acids is 1. The molecule has 144 valence electrons. The number of hydrogen-bond acceptors (Lipinski definition) is 5. The molecule has 0 amide bonds. The van der Waals surface area contributed by atoms with Crippen LogP contribution in [0.1, 0.15) is 27.0 Å². The van der Waals surface area contributed by atoms with Crippen molar-refractivity contribution in [2.75, 3.05) is 6.73 Å². The highest BCUT2D eigenvalue weighted by atomic mass is 79.9. The van der Waals surface area contributed by atoms with Gasteiger partial charge in [0.1, 0.15) is 18.2 Å². The minimum absolute atomic E-state index is 0.100. The summed E-state index contributed by atoms with van der Waals surface area (Å²) in [5.74, 6) is 1.61. The minimum Gasteiger partial charge on any atom is -0.478 e. The standard InChI is InChI=1S/C23H17BrN2O3/c24-17-3-1-15(2-4-17)11-21-22(27)18-5-6-20-19(23(18)29-21)13-26(14-28-20)12-16-7-9-25-10-8-16/h1-11H,12-14H2/b21-11-. The third kappa shape index (κ3) is 3.57. The molecule has 0 bridgehead atoms. The van der Waals surface area contributed by atoms with Gasteiger partial charge in [-0.1, -0.05) is 28.1 Å². The fraction of sp³-hybridized carbons (Fsp3) is 0.130. The second kappa shape index (κ2) is 7.46. The topological polar surface area (TPSA) is 51.7 Å². The van der Waals surface area contributed by atoms with Crippen LogP contribution in [-0.2, 0) is 13.1 Å². The molecule has 0 saturated heterocycles. The molecule has 0 aliphatic carbocycles. The molecule has 5 nitrogen and oxygen atoms in total. The summed E-state index contributed by atoms with van der Waals surface area (Å²) < 4.78 is 13.0. The highest BCUT2D eigenvalue weighted by Crippen LogP contribution is 2.42. The van der Waals surface area contributed by atoms with Crippen LogP contribution >= 0.6 is 15.9 Å². The van der Waals surface area contributed by atoms with E-state index in [4.69, 9.17) is 9.47 Å². The second-order valence-corrected chi connectivity index (χ2v) is 7.94. The molecule has 0 saturated carbocycles. The zero-order valence-electron chi connectivity index (χ0n) is 15.5. The molecule has 0 atom stereocenters. The first-order valence-electron chi connectivity index (χ1n) is 9.27. The van der Waals surface area contributed by atoms with Crippen molar-refractivity contribution in [3.8, 4) is 11.5 Å². The maximum atomic E-state index is 12.9. The Bertz CT molecular complexity index is 1110. The highest BCUT2D eigenvalue weighted by Gasteiger charge is 2.33. The van der Waals surface area contributed by atoms with E-state index in [1.165, 1.54) is 0 Å². The van der Waals surface area contributed by atoms with Crippen LogP contribution in [0.15, 0.2) is 71.2 Å². The van der Waals surface area contributed by atoms with Crippen LogP contribution in [-0.4, -0.2) is 22.4 Å². The monoisotopic (exact) mass is 448 g/mol. The number of Topliss-reactive ketones (excluding diaryl/α,β-unsaturated/α-hetero) is 1. The van der Waals surface area contributed by atoms with Crippen LogP contribution in [0.5, 0.6) is 11.5 Å². The molecule has 3 aromatic rings. The summed E-state index contributed by atoms with van der Waals surface area (Å²) in [4.78, 5) is 19.1. The fourth-order valence-electron chi connectivity index (χ4n) is 3.56. The van der Waals surface area contributed by atoms with Crippen LogP contribution in [0.2, 0.25) is 0 Å². The predicted molar refractivity (Wildman–Crippen MR) is 112 cm³/mol. The van der Waals surface area contributed by atoms with E-state index in [0.717, 1.165) is 33.5 Å². The number of ether oxygens (including phenoxy) is 2. The van der Waals surface area contributed by atoms with Gasteiger partial charge in [-0.2, -0.15) is 0 Å². The van der Waals surface area contributed by atoms with E-state index in [0.29, 0.717) is 30.3 Å². The summed E-state index contributed by atoms with van der Waals surface area (Å²) in [7, 11) is 0. The molecular formula is C23H17BrN2O3. The van der Waals surface area contributed by atoms with Gasteiger partial charge in [-0.25, -0.2) is 0 Å². The maximum Gasteiger partial charge on any atom is 0.231 e. The van der Waals surface area contributed by atoms with Crippen molar-refractivity contribution in [1.82, 2.24) is 9.88 Å². The first-order chi connectivity index (χ1) is 14.2. The largest absolute Gasteiger partial charge is 0.478 e. The Labute approximate surface area is 176 Å². The SMILES string of the molecule is O=C1/C(=C/c2ccc(Br)cc2)Oc2c1ccc1c2CN(Cc2ccncc2)CO1. The van der Waals surface area contributed by atoms with Gasteiger partial charge in [0.05, 0.1) is 11.1 Å². The lowest BCUT2D eigenvalue weighted by Gasteiger charge is -2.29. The molecule has 0 radical (unpaired) electrons. The Morgan fingerprint density at radius 3 is 2.66 bits per heavy atom. The van der Waals surface area contributed by atoms with E-state index in [1.54, 1.807) is 24.5 Å². The number of fused-ring (bicyclic) bond motifs is 3. The molecule has 29 heavy (non-hydrogen) atoms. The lowest BCUT2D eigenvalue weighted by molar-refractivity contribution is 0.0872. The molecular weight excluding hydrogens is 432 g/mol. The second-order valence-electron chi connectivity index (χ2n) is 7.03. The number of pyridine rings is 1. The molecule has 0 fully saturated rings. The van der Waals surface area contributed by atoms with E-state index in [1.807, 2.05) is 42.5 Å². The van der Waals surface area contributed by atoms with Crippen molar-refractivity contribution in [2.24, 2.45) is 0 Å². The molecule has 5 rings (SSSR count). The average Bonchev–Trinajstić information content (AvgIpc) is 3.06. The number of benzene rings is 2. The zero-order valence-corrected chi connectivity index (χ0v) is 17.1. The number of aromatic nitrogens is 1. The van der Waals surface area contributed by atoms with E-state index < -0.39 is 0 Å². The first kappa shape index (κ1) is 18.1. The minimum atomic E-state index is -0.100. The lowest BCUT2D eigenvalue weighted by atomic mass is 10.0. The van der Waals surface area contributed by atoms with E-state index in [2.05, 4.69) is 25.8 Å². The molecule has 0 N–H and O–H groups in total. The summed E-state index contributed by atoms with van der Waals surface area (Å²) in [5, 5.41) is 0. The Balaban J connectivity index is 1.43. The predicted octanol–water partition coefficient (Wildman–Crippen LogP) is 4.81. The van der Waals surface area contributed by atoms with Gasteiger partial charge in [0.15, 0.2) is 5.76 Å². The quantitative estimate of drug-likeness (QED) is 0.538. The van der Waals surface area contributed by atoms with Gasteiger partial charge in [0.25, 0.3) is 0 Å². The third-order valence-electron chi connectivity index (χ3n) is 5.01. The van der Waals surface area contributed by atoms with Gasteiger partial charge < -0.3 is 9.47 Å². The number of rotatable bonds is 3. The molecule has 2 aliphatic rings. The number of carbonyl (C=O) groups is 1. The highest BCUT2D eigenvalue weighted by molar-refractivity contribution is 9.10. The van der Waals surface area contributed by atoms with E-state index in [-0.39, 0.29) is 5.78 Å². The van der Waals surface area contributed by atoms with E-state index in [9.17, 15) is 4.79 Å². The summed E-state index contributed by atoms with van der Waals surface area (Å²) >= 11 is 3.42. The fourth-order valence-corrected chi connectivity index (χ4v) is 3.83. The van der Waals surface area contributed by atoms with Crippen LogP contribution in [0, 0.1) is 0 Å². The summed E-state index contributed by atoms with van der Waals surface area (Å²) in [6.45, 7) is 1.88. The van der Waals surface area contributed by atoms with Gasteiger partial charge >= 0.3 is 0 Å². The van der Waals surface area contributed by atoms with Gasteiger partial charge in [0.2, 0.25) is 5.78 Å². The van der Waals surface area contributed by atoms with E-state index >= 15 is 0 Å². The summed E-state index contributed by atoms with van der Waals surface area (Å²) in [6, 6.07) is 15.4.